The molecule has 1 N–H and O–H groups in total. The van der Waals surface area contributed by atoms with Crippen molar-refractivity contribution in [3.63, 3.8) is 0 Å². The van der Waals surface area contributed by atoms with E-state index in [9.17, 15) is 9.90 Å². The number of rotatable bonds is 12. The topological polar surface area (TPSA) is 55.8 Å². The molecule has 1 aliphatic heterocycles. The van der Waals surface area contributed by atoms with Crippen LogP contribution >= 0.6 is 0 Å². The van der Waals surface area contributed by atoms with Gasteiger partial charge in [0, 0.05) is 11.8 Å². The Morgan fingerprint density at radius 2 is 1.57 bits per heavy atom. The Morgan fingerprint density at radius 1 is 0.943 bits per heavy atom. The third-order valence-electron chi connectivity index (χ3n) is 8.40. The van der Waals surface area contributed by atoms with Crippen molar-refractivity contribution in [2.24, 2.45) is 0 Å². The summed E-state index contributed by atoms with van der Waals surface area (Å²) in [6.07, 6.45) is 6.37. The summed E-state index contributed by atoms with van der Waals surface area (Å²) in [7, 11) is 0. The molecule has 0 aromatic heterocycles. The maximum Gasteiger partial charge on any atom is 0.306 e. The van der Waals surface area contributed by atoms with Crippen LogP contribution < -0.4 is 4.74 Å². The van der Waals surface area contributed by atoms with E-state index in [0.29, 0.717) is 13.0 Å². The molecule has 0 aliphatic carbocycles. The molecule has 192 valence electrons. The fourth-order valence-electron chi connectivity index (χ4n) is 5.47. The van der Waals surface area contributed by atoms with E-state index in [4.69, 9.17) is 9.47 Å². The highest BCUT2D eigenvalue weighted by molar-refractivity contribution is 5.71. The molecule has 4 heteroatoms. The molecule has 0 radical (unpaired) electrons. The average molecular weight is 481 g/mol. The molecule has 1 atom stereocenters. The van der Waals surface area contributed by atoms with Crippen molar-refractivity contribution in [1.82, 2.24) is 0 Å². The van der Waals surface area contributed by atoms with Crippen molar-refractivity contribution in [3.8, 4) is 5.75 Å². The van der Waals surface area contributed by atoms with E-state index in [-0.39, 0.29) is 17.5 Å². The highest BCUT2D eigenvalue weighted by Crippen LogP contribution is 2.41. The number of esters is 1. The van der Waals surface area contributed by atoms with Gasteiger partial charge in [-0.3, -0.25) is 4.79 Å². The van der Waals surface area contributed by atoms with E-state index in [1.165, 1.54) is 22.3 Å². The van der Waals surface area contributed by atoms with Gasteiger partial charge in [0.2, 0.25) is 0 Å². The Morgan fingerprint density at radius 3 is 2.09 bits per heavy atom. The average Bonchev–Trinajstić information content (AvgIpc) is 3.28. The van der Waals surface area contributed by atoms with Gasteiger partial charge in [-0.2, -0.15) is 0 Å². The van der Waals surface area contributed by atoms with Crippen LogP contribution in [0.15, 0.2) is 36.4 Å². The van der Waals surface area contributed by atoms with Gasteiger partial charge in [-0.15, -0.1) is 0 Å². The molecule has 35 heavy (non-hydrogen) atoms. The minimum Gasteiger partial charge on any atom is -0.489 e. The van der Waals surface area contributed by atoms with Crippen molar-refractivity contribution in [1.29, 1.82) is 0 Å². The molecule has 0 spiro atoms. The zero-order chi connectivity index (χ0) is 25.6. The summed E-state index contributed by atoms with van der Waals surface area (Å²) >= 11 is 0. The molecule has 1 aliphatic rings. The van der Waals surface area contributed by atoms with E-state index in [0.717, 1.165) is 56.3 Å². The molecule has 2 aromatic rings. The smallest absolute Gasteiger partial charge is 0.306 e. The van der Waals surface area contributed by atoms with Crippen molar-refractivity contribution < 1.29 is 19.4 Å². The minimum absolute atomic E-state index is 0.0683. The van der Waals surface area contributed by atoms with Gasteiger partial charge in [0.1, 0.15) is 18.5 Å². The van der Waals surface area contributed by atoms with Crippen LogP contribution in [0.3, 0.4) is 0 Å². The van der Waals surface area contributed by atoms with Gasteiger partial charge in [0.15, 0.2) is 0 Å². The van der Waals surface area contributed by atoms with Gasteiger partial charge in [-0.25, -0.2) is 0 Å². The predicted octanol–water partition coefficient (Wildman–Crippen LogP) is 6.98. The third kappa shape index (κ3) is 6.09. The van der Waals surface area contributed by atoms with Gasteiger partial charge in [0.05, 0.1) is 5.60 Å². The lowest BCUT2D eigenvalue weighted by Crippen LogP contribution is -2.28. The fourth-order valence-corrected chi connectivity index (χ4v) is 5.47. The van der Waals surface area contributed by atoms with E-state index in [2.05, 4.69) is 77.9 Å². The van der Waals surface area contributed by atoms with Crippen LogP contribution in [-0.2, 0) is 21.4 Å². The molecule has 4 nitrogen and oxygen atoms in total. The first kappa shape index (κ1) is 27.3. The minimum atomic E-state index is -0.567. The quantitative estimate of drug-likeness (QED) is 0.333. The Hall–Kier alpha value is -2.33. The van der Waals surface area contributed by atoms with E-state index < -0.39 is 5.60 Å². The summed E-state index contributed by atoms with van der Waals surface area (Å²) in [5.74, 6) is 0.720. The van der Waals surface area contributed by atoms with E-state index in [1.807, 2.05) is 0 Å². The summed E-state index contributed by atoms with van der Waals surface area (Å²) in [5.41, 5.74) is 5.73. The molecular formula is C31H44O4. The monoisotopic (exact) mass is 480 g/mol. The molecule has 1 heterocycles. The Bertz CT molecular complexity index is 1000. The van der Waals surface area contributed by atoms with Crippen LogP contribution in [0.25, 0.3) is 0 Å². The number of hydrogen-bond donors (Lipinski definition) is 1. The van der Waals surface area contributed by atoms with Gasteiger partial charge >= 0.3 is 5.97 Å². The number of hydrogen-bond acceptors (Lipinski definition) is 4. The van der Waals surface area contributed by atoms with Crippen molar-refractivity contribution >= 4 is 5.97 Å². The Kier molecular flexibility index (Phi) is 9.04. The molecule has 2 aromatic carbocycles. The molecule has 1 fully saturated rings. The normalized spacial score (nSPS) is 16.4. The number of carbonyl (C=O) groups is 1. The number of ether oxygens (including phenoxy) is 2. The van der Waals surface area contributed by atoms with Crippen LogP contribution in [0.5, 0.6) is 5.75 Å². The first-order valence-corrected chi connectivity index (χ1v) is 13.5. The summed E-state index contributed by atoms with van der Waals surface area (Å²) in [6.45, 7) is 13.4. The summed E-state index contributed by atoms with van der Waals surface area (Å²) < 4.78 is 11.3. The maximum absolute atomic E-state index is 11.4. The second-order valence-electron chi connectivity index (χ2n) is 10.3. The van der Waals surface area contributed by atoms with Crippen LogP contribution in [-0.4, -0.2) is 29.4 Å². The summed E-state index contributed by atoms with van der Waals surface area (Å²) in [6, 6.07) is 13.4. The molecule has 1 saturated heterocycles. The number of benzene rings is 2. The molecule has 0 saturated carbocycles. The second kappa shape index (κ2) is 11.6. The lowest BCUT2D eigenvalue weighted by Gasteiger charge is -2.34. The first-order valence-electron chi connectivity index (χ1n) is 13.5. The molecule has 0 amide bonds. The molecular weight excluding hydrogens is 436 g/mol. The zero-order valence-corrected chi connectivity index (χ0v) is 22.6. The highest BCUT2D eigenvalue weighted by atomic mass is 16.6. The third-order valence-corrected chi connectivity index (χ3v) is 8.40. The number of aliphatic hydroxyl groups is 1. The van der Waals surface area contributed by atoms with Crippen molar-refractivity contribution in [2.45, 2.75) is 110 Å². The van der Waals surface area contributed by atoms with Crippen molar-refractivity contribution in [2.75, 3.05) is 6.61 Å². The first-order chi connectivity index (χ1) is 16.7. The Labute approximate surface area is 212 Å². The number of aryl methyl sites for hydroxylation is 3. The largest absolute Gasteiger partial charge is 0.489 e. The van der Waals surface area contributed by atoms with Gasteiger partial charge in [0.25, 0.3) is 0 Å². The van der Waals surface area contributed by atoms with E-state index in [1.54, 1.807) is 0 Å². The molecule has 3 rings (SSSR count). The number of cyclic esters (lactones) is 1. The van der Waals surface area contributed by atoms with Crippen LogP contribution in [0, 0.1) is 13.8 Å². The van der Waals surface area contributed by atoms with Crippen LogP contribution in [0.2, 0.25) is 0 Å². The highest BCUT2D eigenvalue weighted by Gasteiger charge is 2.32. The van der Waals surface area contributed by atoms with Crippen LogP contribution in [0.1, 0.15) is 100 Å². The van der Waals surface area contributed by atoms with E-state index >= 15 is 0 Å². The number of carbonyl (C=O) groups excluding carboxylic acids is 1. The SMILES string of the molecule is CCC(O)(CC)CCc1ccc(C(CC)(CC)c2ccc(OC[C@@H]3CCC(=O)O3)c(C)c2)cc1C. The lowest BCUT2D eigenvalue weighted by molar-refractivity contribution is -0.142. The zero-order valence-electron chi connectivity index (χ0n) is 22.6. The van der Waals surface area contributed by atoms with Crippen LogP contribution in [0.4, 0.5) is 0 Å². The molecule has 0 bridgehead atoms. The van der Waals surface area contributed by atoms with Crippen molar-refractivity contribution in [3.05, 3.63) is 64.2 Å². The summed E-state index contributed by atoms with van der Waals surface area (Å²) in [5, 5.41) is 10.7. The van der Waals surface area contributed by atoms with Gasteiger partial charge in [-0.05, 0) is 92.7 Å². The summed E-state index contributed by atoms with van der Waals surface area (Å²) in [4.78, 5) is 11.4. The second-order valence-corrected chi connectivity index (χ2v) is 10.3. The van der Waals surface area contributed by atoms with Gasteiger partial charge < -0.3 is 14.6 Å². The standard InChI is InChI=1S/C31H44O4/c1-7-30(33,8-2)18-17-24-11-12-25(19-22(24)5)31(9-3,10-4)26-13-15-28(23(6)20-26)34-21-27-14-16-29(32)35-27/h11-13,15,19-20,27,33H,7-10,14,16-18,21H2,1-6H3/t27-/m0/s1. The van der Waals surface area contributed by atoms with Gasteiger partial charge in [-0.1, -0.05) is 58.0 Å². The lowest BCUT2D eigenvalue weighted by atomic mass is 9.69. The molecule has 0 unspecified atom stereocenters. The predicted molar refractivity (Wildman–Crippen MR) is 142 cm³/mol. The fraction of sp³-hybridized carbons (Fsp3) is 0.581. The maximum atomic E-state index is 11.4. The Balaban J connectivity index is 1.81.